The van der Waals surface area contributed by atoms with Crippen molar-refractivity contribution < 1.29 is 23.8 Å². The number of hydrogen-bond donors (Lipinski definition) is 1. The van der Waals surface area contributed by atoms with Crippen LogP contribution in [0.4, 0.5) is 0 Å². The number of methoxy groups -OCH3 is 1. The molecule has 0 radical (unpaired) electrons. The molecule has 2 rings (SSSR count). The van der Waals surface area contributed by atoms with Gasteiger partial charge in [0.2, 0.25) is 0 Å². The maximum atomic E-state index is 11.5. The standard InChI is InChI=1S/C17H20O5/c1-11-15(16(18)20-4)9-14(22-11)10-21-13-7-5-12(6-8-13)17(2,3)19/h5-9,19H,10H2,1-4H3. The van der Waals surface area contributed by atoms with Crippen LogP contribution in [0.15, 0.2) is 34.7 Å². The lowest BCUT2D eigenvalue weighted by molar-refractivity contribution is 0.0598. The number of esters is 1. The Morgan fingerprint density at radius 3 is 2.45 bits per heavy atom. The fraction of sp³-hybridized carbons (Fsp3) is 0.353. The van der Waals surface area contributed by atoms with Crippen LogP contribution in [0.25, 0.3) is 0 Å². The molecule has 1 aromatic heterocycles. The largest absolute Gasteiger partial charge is 0.486 e. The fourth-order valence-electron chi connectivity index (χ4n) is 2.04. The molecule has 0 unspecified atom stereocenters. The molecule has 1 aromatic carbocycles. The van der Waals surface area contributed by atoms with E-state index < -0.39 is 11.6 Å². The van der Waals surface area contributed by atoms with Crippen molar-refractivity contribution >= 4 is 5.97 Å². The van der Waals surface area contributed by atoms with Gasteiger partial charge in [0.25, 0.3) is 0 Å². The van der Waals surface area contributed by atoms with E-state index in [1.54, 1.807) is 39.0 Å². The van der Waals surface area contributed by atoms with Crippen LogP contribution in [0.3, 0.4) is 0 Å². The first kappa shape index (κ1) is 16.1. The molecule has 0 amide bonds. The van der Waals surface area contributed by atoms with Crippen LogP contribution in [-0.2, 0) is 16.9 Å². The predicted molar refractivity (Wildman–Crippen MR) is 80.8 cm³/mol. The summed E-state index contributed by atoms with van der Waals surface area (Å²) in [5.41, 5.74) is 0.326. The Bertz CT molecular complexity index is 647. The van der Waals surface area contributed by atoms with E-state index >= 15 is 0 Å². The predicted octanol–water partition coefficient (Wildman–Crippen LogP) is 3.18. The highest BCUT2D eigenvalue weighted by Gasteiger charge is 2.17. The zero-order chi connectivity index (χ0) is 16.3. The number of aryl methyl sites for hydroxylation is 1. The van der Waals surface area contributed by atoms with E-state index in [0.29, 0.717) is 22.8 Å². The van der Waals surface area contributed by atoms with Crippen molar-refractivity contribution in [1.82, 2.24) is 0 Å². The summed E-state index contributed by atoms with van der Waals surface area (Å²) < 4.78 is 15.8. The minimum Gasteiger partial charge on any atom is -0.486 e. The number of ether oxygens (including phenoxy) is 2. The van der Waals surface area contributed by atoms with Gasteiger partial charge in [-0.2, -0.15) is 0 Å². The lowest BCUT2D eigenvalue weighted by atomic mass is 9.99. The molecule has 0 aliphatic heterocycles. The zero-order valence-electron chi connectivity index (χ0n) is 13.2. The third kappa shape index (κ3) is 3.68. The summed E-state index contributed by atoms with van der Waals surface area (Å²) in [4.78, 5) is 11.5. The molecule has 5 heteroatoms. The number of furan rings is 1. The monoisotopic (exact) mass is 304 g/mol. The van der Waals surface area contributed by atoms with Gasteiger partial charge in [-0.3, -0.25) is 0 Å². The third-order valence-corrected chi connectivity index (χ3v) is 3.32. The number of carbonyl (C=O) groups is 1. The first-order valence-corrected chi connectivity index (χ1v) is 6.94. The average Bonchev–Trinajstić information content (AvgIpc) is 2.85. The summed E-state index contributed by atoms with van der Waals surface area (Å²) in [6.45, 7) is 5.36. The Kier molecular flexibility index (Phi) is 4.56. The first-order valence-electron chi connectivity index (χ1n) is 6.94. The summed E-state index contributed by atoms with van der Waals surface area (Å²) in [5.74, 6) is 1.27. The van der Waals surface area contributed by atoms with E-state index in [0.717, 1.165) is 5.56 Å². The van der Waals surface area contributed by atoms with E-state index in [9.17, 15) is 9.90 Å². The number of aliphatic hydroxyl groups is 1. The SMILES string of the molecule is COC(=O)c1cc(COc2ccc(C(C)(C)O)cc2)oc1C. The second kappa shape index (κ2) is 6.23. The molecule has 0 atom stereocenters. The molecule has 5 nitrogen and oxygen atoms in total. The van der Waals surface area contributed by atoms with E-state index in [1.165, 1.54) is 7.11 Å². The molecule has 0 aliphatic rings. The first-order chi connectivity index (χ1) is 10.3. The molecule has 0 saturated carbocycles. The maximum absolute atomic E-state index is 11.5. The van der Waals surface area contributed by atoms with Crippen LogP contribution in [0.1, 0.15) is 41.3 Å². The molecule has 118 valence electrons. The Morgan fingerprint density at radius 2 is 1.91 bits per heavy atom. The molecule has 0 saturated heterocycles. The molecule has 22 heavy (non-hydrogen) atoms. The molecule has 0 bridgehead atoms. The van der Waals surface area contributed by atoms with Crippen molar-refractivity contribution in [3.63, 3.8) is 0 Å². The second-order valence-electron chi connectivity index (χ2n) is 5.55. The van der Waals surface area contributed by atoms with Gasteiger partial charge in [-0.1, -0.05) is 12.1 Å². The zero-order valence-corrected chi connectivity index (χ0v) is 13.2. The van der Waals surface area contributed by atoms with Crippen LogP contribution < -0.4 is 4.74 Å². The van der Waals surface area contributed by atoms with Crippen LogP contribution in [0.2, 0.25) is 0 Å². The number of hydrogen-bond acceptors (Lipinski definition) is 5. The summed E-state index contributed by atoms with van der Waals surface area (Å²) in [7, 11) is 1.33. The van der Waals surface area contributed by atoms with Gasteiger partial charge in [0.1, 0.15) is 29.4 Å². The smallest absolute Gasteiger partial charge is 0.341 e. The van der Waals surface area contributed by atoms with Crippen molar-refractivity contribution in [3.05, 3.63) is 53.0 Å². The summed E-state index contributed by atoms with van der Waals surface area (Å²) in [5, 5.41) is 9.90. The lowest BCUT2D eigenvalue weighted by Crippen LogP contribution is -2.14. The second-order valence-corrected chi connectivity index (χ2v) is 5.55. The Morgan fingerprint density at radius 1 is 1.27 bits per heavy atom. The molecule has 0 spiro atoms. The van der Waals surface area contributed by atoms with Crippen LogP contribution in [0.5, 0.6) is 5.75 Å². The maximum Gasteiger partial charge on any atom is 0.341 e. The molecule has 0 fully saturated rings. The minimum atomic E-state index is -0.883. The average molecular weight is 304 g/mol. The molecule has 1 N–H and O–H groups in total. The topological polar surface area (TPSA) is 68.9 Å². The van der Waals surface area contributed by atoms with Crippen molar-refractivity contribution in [3.8, 4) is 5.75 Å². The summed E-state index contributed by atoms with van der Waals surface area (Å²) >= 11 is 0. The van der Waals surface area contributed by atoms with Gasteiger partial charge < -0.3 is 19.0 Å². The van der Waals surface area contributed by atoms with Gasteiger partial charge in [-0.15, -0.1) is 0 Å². The van der Waals surface area contributed by atoms with Gasteiger partial charge in [0.15, 0.2) is 0 Å². The molecule has 0 aliphatic carbocycles. The number of benzene rings is 1. The Hall–Kier alpha value is -2.27. The van der Waals surface area contributed by atoms with Crippen molar-refractivity contribution in [2.45, 2.75) is 33.0 Å². The third-order valence-electron chi connectivity index (χ3n) is 3.32. The van der Waals surface area contributed by atoms with Crippen LogP contribution in [-0.4, -0.2) is 18.2 Å². The lowest BCUT2D eigenvalue weighted by Gasteiger charge is -2.17. The van der Waals surface area contributed by atoms with E-state index in [1.807, 2.05) is 12.1 Å². The van der Waals surface area contributed by atoms with Gasteiger partial charge in [-0.05, 0) is 44.5 Å². The molecular formula is C17H20O5. The van der Waals surface area contributed by atoms with Crippen LogP contribution >= 0.6 is 0 Å². The minimum absolute atomic E-state index is 0.208. The van der Waals surface area contributed by atoms with Gasteiger partial charge >= 0.3 is 5.97 Å². The van der Waals surface area contributed by atoms with Crippen molar-refractivity contribution in [2.75, 3.05) is 7.11 Å². The highest BCUT2D eigenvalue weighted by Crippen LogP contribution is 2.23. The highest BCUT2D eigenvalue weighted by molar-refractivity contribution is 5.90. The number of carbonyl (C=O) groups excluding carboxylic acids is 1. The van der Waals surface area contributed by atoms with Gasteiger partial charge in [0, 0.05) is 0 Å². The van der Waals surface area contributed by atoms with Gasteiger partial charge in [0.05, 0.1) is 12.7 Å². The highest BCUT2D eigenvalue weighted by atomic mass is 16.5. The Labute approximate surface area is 129 Å². The number of rotatable bonds is 5. The molecule has 1 heterocycles. The normalized spacial score (nSPS) is 11.3. The quantitative estimate of drug-likeness (QED) is 0.859. The fourth-order valence-corrected chi connectivity index (χ4v) is 2.04. The summed E-state index contributed by atoms with van der Waals surface area (Å²) in [6.07, 6.45) is 0. The summed E-state index contributed by atoms with van der Waals surface area (Å²) in [6, 6.07) is 8.80. The van der Waals surface area contributed by atoms with Crippen molar-refractivity contribution in [2.24, 2.45) is 0 Å². The van der Waals surface area contributed by atoms with Crippen LogP contribution in [0, 0.1) is 6.92 Å². The van der Waals surface area contributed by atoms with E-state index in [4.69, 9.17) is 9.15 Å². The van der Waals surface area contributed by atoms with Crippen molar-refractivity contribution in [1.29, 1.82) is 0 Å². The molecule has 2 aromatic rings. The van der Waals surface area contributed by atoms with Gasteiger partial charge in [-0.25, -0.2) is 4.79 Å². The Balaban J connectivity index is 2.03. The van der Waals surface area contributed by atoms with E-state index in [-0.39, 0.29) is 6.61 Å². The molecular weight excluding hydrogens is 284 g/mol. The van der Waals surface area contributed by atoms with E-state index in [2.05, 4.69) is 4.74 Å².